The molecule has 1 aromatic heterocycles. The summed E-state index contributed by atoms with van der Waals surface area (Å²) in [6.45, 7) is 6.11. The van der Waals surface area contributed by atoms with Crippen LogP contribution >= 0.6 is 0 Å². The van der Waals surface area contributed by atoms with E-state index < -0.39 is 0 Å². The zero-order chi connectivity index (χ0) is 27.2. The molecule has 6 heteroatoms. The van der Waals surface area contributed by atoms with E-state index in [4.69, 9.17) is 9.47 Å². The van der Waals surface area contributed by atoms with Crippen molar-refractivity contribution < 1.29 is 19.4 Å². The summed E-state index contributed by atoms with van der Waals surface area (Å²) < 4.78 is 13.7. The van der Waals surface area contributed by atoms with Crippen molar-refractivity contribution in [3.05, 3.63) is 59.7 Å². The maximum Gasteiger partial charge on any atom is 0.165 e. The minimum atomic E-state index is -0.273. The second-order valence-electron chi connectivity index (χ2n) is 12.7. The fourth-order valence-electron chi connectivity index (χ4n) is 8.38. The molecule has 208 valence electrons. The minimum Gasteiger partial charge on any atom is -0.493 e. The second-order valence-corrected chi connectivity index (χ2v) is 12.7. The Morgan fingerprint density at radius 2 is 1.97 bits per heavy atom. The molecule has 6 nitrogen and oxygen atoms in total. The molecule has 0 radical (unpaired) electrons. The molecule has 3 fully saturated rings. The highest BCUT2D eigenvalue weighted by Crippen LogP contribution is 2.64. The van der Waals surface area contributed by atoms with E-state index in [2.05, 4.69) is 31.0 Å². The van der Waals surface area contributed by atoms with Gasteiger partial charge in [0, 0.05) is 24.4 Å². The number of aromatic nitrogens is 2. The average molecular weight is 531 g/mol. The standard InChI is InChI=1S/C33H42N2O4/c1-32-11-9-25(36)20-24(32)6-7-26-27(32)10-12-33(2)28(26)19-23(31(33)37)17-22-5-8-29(30(18-22)38-3)39-16-4-14-35-15-13-34-21-35/h5-6,8,13,15,17-18,21,25-28,36H,4,7,9-12,14,16,19-20H2,1-3H3/t25-,26+,27-,28-,32-,33-/m0/s1. The first-order valence-corrected chi connectivity index (χ1v) is 14.7. The van der Waals surface area contributed by atoms with E-state index in [9.17, 15) is 9.90 Å². The first-order valence-electron chi connectivity index (χ1n) is 14.7. The molecule has 1 aromatic carbocycles. The number of benzene rings is 1. The van der Waals surface area contributed by atoms with Gasteiger partial charge in [-0.2, -0.15) is 0 Å². The van der Waals surface area contributed by atoms with Gasteiger partial charge in [-0.1, -0.05) is 31.6 Å². The lowest BCUT2D eigenvalue weighted by Gasteiger charge is -2.56. The molecular weight excluding hydrogens is 488 g/mol. The molecule has 6 rings (SSSR count). The predicted molar refractivity (Wildman–Crippen MR) is 151 cm³/mol. The lowest BCUT2D eigenvalue weighted by atomic mass is 9.48. The number of fused-ring (bicyclic) bond motifs is 5. The van der Waals surface area contributed by atoms with Crippen molar-refractivity contribution in [1.82, 2.24) is 9.55 Å². The van der Waals surface area contributed by atoms with E-state index in [0.717, 1.165) is 74.8 Å². The van der Waals surface area contributed by atoms with Crippen LogP contribution in [-0.2, 0) is 11.3 Å². The van der Waals surface area contributed by atoms with Gasteiger partial charge in [-0.15, -0.1) is 0 Å². The number of carbonyl (C=O) groups excluding carboxylic acids is 1. The number of allylic oxidation sites excluding steroid dienone is 2. The highest BCUT2D eigenvalue weighted by atomic mass is 16.5. The number of imidazole rings is 1. The molecule has 1 heterocycles. The maximum atomic E-state index is 13.9. The van der Waals surface area contributed by atoms with Gasteiger partial charge in [0.1, 0.15) is 0 Å². The van der Waals surface area contributed by atoms with Crippen LogP contribution in [0, 0.1) is 28.6 Å². The van der Waals surface area contributed by atoms with E-state index in [1.54, 1.807) is 13.3 Å². The number of carbonyl (C=O) groups is 1. The van der Waals surface area contributed by atoms with Crippen molar-refractivity contribution in [3.8, 4) is 11.5 Å². The highest BCUT2D eigenvalue weighted by molar-refractivity contribution is 6.06. The smallest absolute Gasteiger partial charge is 0.165 e. The number of methoxy groups -OCH3 is 1. The number of aryl methyl sites for hydroxylation is 1. The molecule has 0 spiro atoms. The van der Waals surface area contributed by atoms with Gasteiger partial charge in [-0.25, -0.2) is 4.98 Å². The Morgan fingerprint density at radius 1 is 1.13 bits per heavy atom. The Hall–Kier alpha value is -2.86. The van der Waals surface area contributed by atoms with Gasteiger partial charge in [0.2, 0.25) is 0 Å². The number of Topliss-reactive ketones (excluding diaryl/α,β-unsaturated/α-hetero) is 1. The van der Waals surface area contributed by atoms with Crippen LogP contribution in [0.25, 0.3) is 6.08 Å². The monoisotopic (exact) mass is 530 g/mol. The molecule has 3 saturated carbocycles. The Labute approximate surface area is 232 Å². The first-order chi connectivity index (χ1) is 18.8. The van der Waals surface area contributed by atoms with Crippen molar-refractivity contribution >= 4 is 11.9 Å². The van der Waals surface area contributed by atoms with Crippen molar-refractivity contribution in [3.63, 3.8) is 0 Å². The number of ether oxygens (including phenoxy) is 2. The summed E-state index contributed by atoms with van der Waals surface area (Å²) in [5.74, 6) is 3.29. The van der Waals surface area contributed by atoms with Crippen LogP contribution in [0.1, 0.15) is 70.8 Å². The molecular formula is C33H42N2O4. The topological polar surface area (TPSA) is 73.6 Å². The minimum absolute atomic E-state index is 0.182. The summed E-state index contributed by atoms with van der Waals surface area (Å²) in [7, 11) is 1.66. The van der Waals surface area contributed by atoms with Gasteiger partial charge in [0.25, 0.3) is 0 Å². The molecule has 4 aliphatic carbocycles. The van der Waals surface area contributed by atoms with Gasteiger partial charge in [0.05, 0.1) is 26.1 Å². The molecule has 0 unspecified atom stereocenters. The Kier molecular flexibility index (Phi) is 6.95. The summed E-state index contributed by atoms with van der Waals surface area (Å²) in [6.07, 6.45) is 17.5. The van der Waals surface area contributed by atoms with Crippen LogP contribution in [0.2, 0.25) is 0 Å². The quantitative estimate of drug-likeness (QED) is 0.260. The molecule has 39 heavy (non-hydrogen) atoms. The molecule has 6 atom stereocenters. The lowest BCUT2D eigenvalue weighted by Crippen LogP contribution is -2.50. The van der Waals surface area contributed by atoms with Gasteiger partial charge in [-0.3, -0.25) is 4.79 Å². The van der Waals surface area contributed by atoms with Gasteiger partial charge >= 0.3 is 0 Å². The van der Waals surface area contributed by atoms with E-state index in [1.165, 1.54) is 5.57 Å². The normalized spacial score (nSPS) is 34.7. The molecule has 0 amide bonds. The zero-order valence-electron chi connectivity index (χ0n) is 23.6. The third-order valence-electron chi connectivity index (χ3n) is 10.6. The van der Waals surface area contributed by atoms with Crippen LogP contribution < -0.4 is 9.47 Å². The average Bonchev–Trinajstić information content (AvgIpc) is 3.54. The lowest BCUT2D eigenvalue weighted by molar-refractivity contribution is -0.130. The first kappa shape index (κ1) is 26.4. The van der Waals surface area contributed by atoms with Crippen LogP contribution in [0.5, 0.6) is 11.5 Å². The zero-order valence-corrected chi connectivity index (χ0v) is 23.6. The molecule has 0 aliphatic heterocycles. The van der Waals surface area contributed by atoms with Crippen molar-refractivity contribution in [2.24, 2.45) is 28.6 Å². The molecule has 0 bridgehead atoms. The van der Waals surface area contributed by atoms with Crippen LogP contribution in [0.4, 0.5) is 0 Å². The van der Waals surface area contributed by atoms with Crippen molar-refractivity contribution in [2.45, 2.75) is 77.9 Å². The number of hydrogen-bond acceptors (Lipinski definition) is 5. The van der Waals surface area contributed by atoms with Gasteiger partial charge < -0.3 is 19.1 Å². The molecule has 2 aromatic rings. The third-order valence-corrected chi connectivity index (χ3v) is 10.6. The SMILES string of the molecule is COc1cc(C=C2C[C@H]3[C@@H]4CC=C5C[C@@H](O)CC[C@]5(C)[C@H]4CC[C@]3(C)C2=O)ccc1OCCCn1ccnc1. The maximum absolute atomic E-state index is 13.9. The van der Waals surface area contributed by atoms with Crippen LogP contribution in [0.3, 0.4) is 0 Å². The second kappa shape index (κ2) is 10.3. The Bertz CT molecular complexity index is 1280. The number of ketones is 1. The van der Waals surface area contributed by atoms with E-state index in [-0.39, 0.29) is 16.9 Å². The number of rotatable bonds is 7. The number of aliphatic hydroxyl groups excluding tert-OH is 1. The van der Waals surface area contributed by atoms with E-state index in [1.807, 2.05) is 35.3 Å². The van der Waals surface area contributed by atoms with Gasteiger partial charge in [-0.05, 0) is 104 Å². The van der Waals surface area contributed by atoms with E-state index in [0.29, 0.717) is 35.9 Å². The summed E-state index contributed by atoms with van der Waals surface area (Å²) >= 11 is 0. The van der Waals surface area contributed by atoms with Crippen molar-refractivity contribution in [2.75, 3.05) is 13.7 Å². The number of hydrogen-bond donors (Lipinski definition) is 1. The Balaban J connectivity index is 1.18. The Morgan fingerprint density at radius 3 is 2.77 bits per heavy atom. The van der Waals surface area contributed by atoms with Gasteiger partial charge in [0.15, 0.2) is 17.3 Å². The van der Waals surface area contributed by atoms with E-state index >= 15 is 0 Å². The summed E-state index contributed by atoms with van der Waals surface area (Å²) in [4.78, 5) is 17.9. The largest absolute Gasteiger partial charge is 0.493 e. The number of nitrogens with zero attached hydrogens (tertiary/aromatic N) is 2. The summed E-state index contributed by atoms with van der Waals surface area (Å²) in [6, 6.07) is 5.98. The van der Waals surface area contributed by atoms with Crippen LogP contribution in [0.15, 0.2) is 54.1 Å². The molecule has 1 N–H and O–H groups in total. The predicted octanol–water partition coefficient (Wildman–Crippen LogP) is 6.25. The number of aliphatic hydroxyl groups is 1. The van der Waals surface area contributed by atoms with Crippen molar-refractivity contribution in [1.29, 1.82) is 0 Å². The third kappa shape index (κ3) is 4.65. The van der Waals surface area contributed by atoms with Crippen LogP contribution in [-0.4, -0.2) is 40.3 Å². The summed E-state index contributed by atoms with van der Waals surface area (Å²) in [5.41, 5.74) is 3.33. The summed E-state index contributed by atoms with van der Waals surface area (Å²) in [5, 5.41) is 10.3. The fraction of sp³-hybridized carbons (Fsp3) is 0.576. The molecule has 0 saturated heterocycles. The highest BCUT2D eigenvalue weighted by Gasteiger charge is 2.59. The molecule has 4 aliphatic rings. The fourth-order valence-corrected chi connectivity index (χ4v) is 8.38.